The van der Waals surface area contributed by atoms with Gasteiger partial charge in [0.05, 0.1) is 1.37 Å². The van der Waals surface area contributed by atoms with Crippen molar-refractivity contribution in [1.29, 1.82) is 0 Å². The molecule has 3 nitrogen and oxygen atoms in total. The van der Waals surface area contributed by atoms with Gasteiger partial charge in [0.2, 0.25) is 0 Å². The minimum atomic E-state index is -2.55. The SMILES string of the molecule is [2H]C([2H])(CC)[C@]([2H])(N)C(=O)O. The monoisotopic (exact) mass is 120 g/mol. The Bertz CT molecular complexity index is 169. The van der Waals surface area contributed by atoms with Crippen molar-refractivity contribution in [3.8, 4) is 0 Å². The lowest BCUT2D eigenvalue weighted by atomic mass is 10.2. The van der Waals surface area contributed by atoms with Gasteiger partial charge >= 0.3 is 5.97 Å². The van der Waals surface area contributed by atoms with Crippen molar-refractivity contribution in [2.24, 2.45) is 5.73 Å². The molecule has 0 saturated carbocycles. The zero-order valence-electron chi connectivity index (χ0n) is 7.64. The maximum Gasteiger partial charge on any atom is 0.320 e. The fraction of sp³-hybridized carbons (Fsp3) is 0.800. The van der Waals surface area contributed by atoms with E-state index in [1.54, 1.807) is 0 Å². The second-order valence-corrected chi connectivity index (χ2v) is 1.25. The van der Waals surface area contributed by atoms with Gasteiger partial charge in [-0.3, -0.25) is 4.79 Å². The molecular formula is C5H11NO2. The Morgan fingerprint density at radius 3 is 2.88 bits per heavy atom. The van der Waals surface area contributed by atoms with Crippen LogP contribution in [-0.2, 0) is 4.79 Å². The lowest BCUT2D eigenvalue weighted by molar-refractivity contribution is -0.138. The summed E-state index contributed by atoms with van der Waals surface area (Å²) in [6.45, 7) is 1.44. The van der Waals surface area contributed by atoms with Crippen molar-refractivity contribution in [3.05, 3.63) is 0 Å². The number of nitrogens with two attached hydrogens (primary N) is 1. The molecule has 48 valence electrons. The molecule has 0 aliphatic carbocycles. The van der Waals surface area contributed by atoms with E-state index in [1.165, 1.54) is 6.92 Å². The zero-order valence-corrected chi connectivity index (χ0v) is 4.64. The maximum absolute atomic E-state index is 10.3. The summed E-state index contributed by atoms with van der Waals surface area (Å²) in [4.78, 5) is 10.3. The highest BCUT2D eigenvalue weighted by Crippen LogP contribution is 1.91. The van der Waals surface area contributed by atoms with Crippen LogP contribution in [0.5, 0.6) is 0 Å². The Balaban J connectivity index is 4.67. The molecule has 8 heavy (non-hydrogen) atoms. The van der Waals surface area contributed by atoms with Gasteiger partial charge in [0.25, 0.3) is 0 Å². The van der Waals surface area contributed by atoms with Crippen LogP contribution in [0.2, 0.25) is 0 Å². The van der Waals surface area contributed by atoms with Gasteiger partial charge in [-0.2, -0.15) is 0 Å². The molecule has 0 saturated heterocycles. The minimum Gasteiger partial charge on any atom is -0.480 e. The highest BCUT2D eigenvalue weighted by Gasteiger charge is 2.07. The lowest BCUT2D eigenvalue weighted by Gasteiger charge is -2.00. The summed E-state index contributed by atoms with van der Waals surface area (Å²) in [6.07, 6.45) is -2.29. The van der Waals surface area contributed by atoms with Crippen molar-refractivity contribution >= 4 is 5.97 Å². The smallest absolute Gasteiger partial charge is 0.320 e. The zero-order chi connectivity index (χ0) is 9.28. The molecule has 0 aliphatic heterocycles. The number of hydrogen-bond donors (Lipinski definition) is 2. The fourth-order valence-corrected chi connectivity index (χ4v) is 0.266. The van der Waals surface area contributed by atoms with Gasteiger partial charge in [0.1, 0.15) is 6.02 Å². The van der Waals surface area contributed by atoms with Gasteiger partial charge in [-0.15, -0.1) is 0 Å². The first kappa shape index (κ1) is 3.45. The van der Waals surface area contributed by atoms with Gasteiger partial charge in [-0.05, 0) is 6.37 Å². The molecule has 0 aromatic carbocycles. The third kappa shape index (κ3) is 2.58. The van der Waals surface area contributed by atoms with Gasteiger partial charge < -0.3 is 10.8 Å². The summed E-state index contributed by atoms with van der Waals surface area (Å²) in [6, 6.07) is -2.55. The fourth-order valence-electron chi connectivity index (χ4n) is 0.266. The predicted molar refractivity (Wildman–Crippen MR) is 30.5 cm³/mol. The van der Waals surface area contributed by atoms with Crippen LogP contribution in [-0.4, -0.2) is 17.1 Å². The van der Waals surface area contributed by atoms with Crippen molar-refractivity contribution < 1.29 is 14.0 Å². The molecule has 0 aliphatic rings. The number of rotatable bonds is 3. The predicted octanol–water partition coefficient (Wildman–Crippen LogP) is 0.198. The quantitative estimate of drug-likeness (QED) is 0.559. The highest BCUT2D eigenvalue weighted by molar-refractivity contribution is 5.72. The van der Waals surface area contributed by atoms with Gasteiger partial charge in [-0.1, -0.05) is 13.3 Å². The lowest BCUT2D eigenvalue weighted by Crippen LogP contribution is -2.29. The molecule has 0 rings (SSSR count). The molecule has 0 heterocycles. The molecule has 0 aromatic heterocycles. The second kappa shape index (κ2) is 3.43. The summed E-state index contributed by atoms with van der Waals surface area (Å²) in [5.74, 6) is -1.65. The van der Waals surface area contributed by atoms with Crippen LogP contribution in [0.15, 0.2) is 0 Å². The molecule has 1 atom stereocenters. The molecule has 3 heteroatoms. The number of carboxylic acid groups (broad SMARTS) is 1. The highest BCUT2D eigenvalue weighted by atomic mass is 16.4. The average Bonchev–Trinajstić information content (AvgIpc) is 1.87. The van der Waals surface area contributed by atoms with Crippen molar-refractivity contribution in [2.45, 2.75) is 25.7 Å². The van der Waals surface area contributed by atoms with Crippen LogP contribution in [0.3, 0.4) is 0 Å². The summed E-state index contributed by atoms with van der Waals surface area (Å²) in [7, 11) is 0. The Morgan fingerprint density at radius 1 is 2.25 bits per heavy atom. The topological polar surface area (TPSA) is 63.3 Å². The van der Waals surface area contributed by atoms with Crippen LogP contribution in [0, 0.1) is 0 Å². The van der Waals surface area contributed by atoms with Crippen LogP contribution >= 0.6 is 0 Å². The van der Waals surface area contributed by atoms with Crippen LogP contribution in [0.1, 0.15) is 23.8 Å². The standard InChI is InChI=1S/C5H11NO2/c1-2-3-4(6)5(7)8/h4H,2-3,6H2,1H3,(H,7,8)/t4-/m0/s1/i3D2,4D. The molecule has 0 radical (unpaired) electrons. The normalized spacial score (nSPS) is 24.5. The van der Waals surface area contributed by atoms with E-state index < -0.39 is 18.4 Å². The van der Waals surface area contributed by atoms with E-state index in [9.17, 15) is 4.79 Å². The van der Waals surface area contributed by atoms with E-state index in [2.05, 4.69) is 0 Å². The first-order chi connectivity index (χ1) is 4.75. The number of hydrogen-bond acceptors (Lipinski definition) is 2. The Labute approximate surface area is 52.7 Å². The maximum atomic E-state index is 10.3. The van der Waals surface area contributed by atoms with Crippen LogP contribution in [0.4, 0.5) is 0 Å². The first-order valence-corrected chi connectivity index (χ1v) is 2.28. The third-order valence-corrected chi connectivity index (χ3v) is 0.598. The van der Waals surface area contributed by atoms with E-state index in [1.807, 2.05) is 0 Å². The van der Waals surface area contributed by atoms with Gasteiger partial charge in [0, 0.05) is 2.74 Å². The van der Waals surface area contributed by atoms with E-state index in [0.717, 1.165) is 0 Å². The Hall–Kier alpha value is -0.570. The van der Waals surface area contributed by atoms with E-state index in [-0.39, 0.29) is 6.42 Å². The minimum absolute atomic E-state index is 0.0979. The van der Waals surface area contributed by atoms with E-state index in [4.69, 9.17) is 15.0 Å². The molecular weight excluding hydrogens is 106 g/mol. The van der Waals surface area contributed by atoms with Crippen molar-refractivity contribution in [2.75, 3.05) is 0 Å². The summed E-state index contributed by atoms with van der Waals surface area (Å²) < 4.78 is 21.1. The summed E-state index contributed by atoms with van der Waals surface area (Å²) in [5.41, 5.74) is 4.94. The van der Waals surface area contributed by atoms with Crippen LogP contribution in [0.25, 0.3) is 0 Å². The number of aliphatic carboxylic acids is 1. The van der Waals surface area contributed by atoms with E-state index in [0.29, 0.717) is 0 Å². The molecule has 0 unspecified atom stereocenters. The Kier molecular flexibility index (Phi) is 1.48. The molecule has 0 aromatic rings. The van der Waals surface area contributed by atoms with Gasteiger partial charge in [-0.25, -0.2) is 0 Å². The average molecular weight is 120 g/mol. The number of carbonyl (C=O) groups is 1. The van der Waals surface area contributed by atoms with Gasteiger partial charge in [0.15, 0.2) is 0 Å². The third-order valence-electron chi connectivity index (χ3n) is 0.598. The molecule has 3 N–H and O–H groups in total. The molecule has 0 fully saturated rings. The Morgan fingerprint density at radius 2 is 2.75 bits per heavy atom. The largest absolute Gasteiger partial charge is 0.480 e. The van der Waals surface area contributed by atoms with Crippen LogP contribution < -0.4 is 5.73 Å². The summed E-state index contributed by atoms with van der Waals surface area (Å²) in [5, 5.41) is 8.36. The molecule has 0 spiro atoms. The van der Waals surface area contributed by atoms with E-state index >= 15 is 0 Å². The second-order valence-electron chi connectivity index (χ2n) is 1.25. The molecule has 0 amide bonds. The van der Waals surface area contributed by atoms with Crippen molar-refractivity contribution in [3.63, 3.8) is 0 Å². The first-order valence-electron chi connectivity index (χ1n) is 3.78. The number of carboxylic acids is 1. The summed E-state index contributed by atoms with van der Waals surface area (Å²) >= 11 is 0. The molecule has 0 bridgehead atoms. The van der Waals surface area contributed by atoms with Crippen molar-refractivity contribution in [1.82, 2.24) is 0 Å².